The third kappa shape index (κ3) is 2.70. The highest BCUT2D eigenvalue weighted by Crippen LogP contribution is 2.07. The minimum Gasteiger partial charge on any atom is -0.307 e. The number of hydrogen-bond acceptors (Lipinski definition) is 3. The van der Waals surface area contributed by atoms with E-state index in [-0.39, 0.29) is 5.56 Å². The van der Waals surface area contributed by atoms with Crippen molar-refractivity contribution < 1.29 is 0 Å². The average molecular weight is 331 g/mol. The third-order valence-corrected chi connectivity index (χ3v) is 3.29. The van der Waals surface area contributed by atoms with Gasteiger partial charge in [0.05, 0.1) is 12.2 Å². The molecule has 0 fully saturated rings. The van der Waals surface area contributed by atoms with Gasteiger partial charge in [0, 0.05) is 16.7 Å². The Hall–Kier alpha value is -2.21. The molecule has 0 saturated carbocycles. The predicted molar refractivity (Wildman–Crippen MR) is 78.9 cm³/mol. The normalized spacial score (nSPS) is 10.7. The van der Waals surface area contributed by atoms with Gasteiger partial charge in [0.1, 0.15) is 6.33 Å². The average Bonchev–Trinajstić information content (AvgIpc) is 2.92. The fourth-order valence-electron chi connectivity index (χ4n) is 1.85. The molecule has 0 saturated heterocycles. The van der Waals surface area contributed by atoms with Crippen molar-refractivity contribution in [2.75, 3.05) is 0 Å². The SMILES string of the molecule is O=c1ccc(Br)cn1Cc1ncn(-c2ccccc2)n1. The molecule has 0 aliphatic rings. The van der Waals surface area contributed by atoms with E-state index in [2.05, 4.69) is 26.0 Å². The van der Waals surface area contributed by atoms with Crippen LogP contribution in [-0.2, 0) is 6.54 Å². The minimum absolute atomic E-state index is 0.0794. The lowest BCUT2D eigenvalue weighted by atomic mass is 10.3. The molecule has 0 unspecified atom stereocenters. The Morgan fingerprint density at radius 1 is 1.10 bits per heavy atom. The topological polar surface area (TPSA) is 52.7 Å². The molecule has 6 heteroatoms. The first-order chi connectivity index (χ1) is 9.72. The molecular weight excluding hydrogens is 320 g/mol. The van der Waals surface area contributed by atoms with Gasteiger partial charge in [-0.3, -0.25) is 4.79 Å². The smallest absolute Gasteiger partial charge is 0.250 e. The first-order valence-corrected chi connectivity index (χ1v) is 6.83. The van der Waals surface area contributed by atoms with Crippen molar-refractivity contribution in [2.24, 2.45) is 0 Å². The van der Waals surface area contributed by atoms with E-state index in [4.69, 9.17) is 0 Å². The van der Waals surface area contributed by atoms with Crippen molar-refractivity contribution in [3.8, 4) is 5.69 Å². The van der Waals surface area contributed by atoms with Gasteiger partial charge in [0.2, 0.25) is 0 Å². The van der Waals surface area contributed by atoms with Crippen molar-refractivity contribution in [1.29, 1.82) is 0 Å². The Morgan fingerprint density at radius 3 is 2.70 bits per heavy atom. The minimum atomic E-state index is -0.0794. The molecule has 100 valence electrons. The maximum Gasteiger partial charge on any atom is 0.250 e. The highest BCUT2D eigenvalue weighted by Gasteiger charge is 2.05. The first-order valence-electron chi connectivity index (χ1n) is 6.04. The quantitative estimate of drug-likeness (QED) is 0.740. The van der Waals surface area contributed by atoms with E-state index >= 15 is 0 Å². The molecule has 0 atom stereocenters. The lowest BCUT2D eigenvalue weighted by Crippen LogP contribution is -2.19. The van der Waals surface area contributed by atoms with Gasteiger partial charge in [-0.25, -0.2) is 9.67 Å². The third-order valence-electron chi connectivity index (χ3n) is 2.82. The van der Waals surface area contributed by atoms with E-state index in [9.17, 15) is 4.79 Å². The molecule has 3 aromatic rings. The van der Waals surface area contributed by atoms with Gasteiger partial charge < -0.3 is 4.57 Å². The lowest BCUT2D eigenvalue weighted by molar-refractivity contribution is 0.705. The summed E-state index contributed by atoms with van der Waals surface area (Å²) in [5, 5.41) is 4.38. The van der Waals surface area contributed by atoms with E-state index < -0.39 is 0 Å². The molecule has 20 heavy (non-hydrogen) atoms. The number of benzene rings is 1. The van der Waals surface area contributed by atoms with Crippen LogP contribution < -0.4 is 5.56 Å². The van der Waals surface area contributed by atoms with Gasteiger partial charge in [-0.05, 0) is 34.1 Å². The van der Waals surface area contributed by atoms with E-state index in [1.807, 2.05) is 30.3 Å². The Labute approximate surface area is 123 Å². The van der Waals surface area contributed by atoms with E-state index in [1.54, 1.807) is 27.8 Å². The van der Waals surface area contributed by atoms with Crippen LogP contribution in [0.25, 0.3) is 5.69 Å². The maximum atomic E-state index is 11.7. The number of para-hydroxylation sites is 1. The Bertz CT molecular complexity index is 779. The van der Waals surface area contributed by atoms with Gasteiger partial charge in [0.25, 0.3) is 5.56 Å². The summed E-state index contributed by atoms with van der Waals surface area (Å²) >= 11 is 3.35. The van der Waals surface area contributed by atoms with Crippen molar-refractivity contribution in [1.82, 2.24) is 19.3 Å². The summed E-state index contributed by atoms with van der Waals surface area (Å²) in [6, 6.07) is 13.0. The molecular formula is C14H11BrN4O. The number of halogens is 1. The second kappa shape index (κ2) is 5.42. The van der Waals surface area contributed by atoms with Crippen LogP contribution in [0.5, 0.6) is 0 Å². The second-order valence-electron chi connectivity index (χ2n) is 4.25. The lowest BCUT2D eigenvalue weighted by Gasteiger charge is -2.02. The molecule has 3 rings (SSSR count). The number of rotatable bonds is 3. The summed E-state index contributed by atoms with van der Waals surface area (Å²) in [6.07, 6.45) is 3.37. The van der Waals surface area contributed by atoms with Crippen LogP contribution in [0.2, 0.25) is 0 Å². The largest absolute Gasteiger partial charge is 0.307 e. The number of hydrogen-bond donors (Lipinski definition) is 0. The molecule has 2 aromatic heterocycles. The maximum absolute atomic E-state index is 11.7. The van der Waals surface area contributed by atoms with Crippen LogP contribution in [0.3, 0.4) is 0 Å². The van der Waals surface area contributed by atoms with E-state index in [0.29, 0.717) is 12.4 Å². The summed E-state index contributed by atoms with van der Waals surface area (Å²) in [5.74, 6) is 0.592. The Morgan fingerprint density at radius 2 is 1.90 bits per heavy atom. The number of aromatic nitrogens is 4. The highest BCUT2D eigenvalue weighted by atomic mass is 79.9. The van der Waals surface area contributed by atoms with E-state index in [0.717, 1.165) is 10.2 Å². The Balaban J connectivity index is 1.88. The predicted octanol–water partition coefficient (Wildman–Crippen LogP) is 2.24. The van der Waals surface area contributed by atoms with Gasteiger partial charge >= 0.3 is 0 Å². The molecule has 1 aromatic carbocycles. The zero-order valence-corrected chi connectivity index (χ0v) is 12.1. The molecule has 0 radical (unpaired) electrons. The van der Waals surface area contributed by atoms with Gasteiger partial charge in [-0.2, -0.15) is 0 Å². The fraction of sp³-hybridized carbons (Fsp3) is 0.0714. The summed E-state index contributed by atoms with van der Waals surface area (Å²) in [4.78, 5) is 16.0. The molecule has 2 heterocycles. The molecule has 0 aliphatic heterocycles. The standard InChI is InChI=1S/C14H11BrN4O/c15-11-6-7-14(20)18(8-11)9-13-16-10-19(17-13)12-4-2-1-3-5-12/h1-8,10H,9H2. The summed E-state index contributed by atoms with van der Waals surface area (Å²) < 4.78 is 4.10. The van der Waals surface area contributed by atoms with Crippen molar-refractivity contribution in [3.63, 3.8) is 0 Å². The van der Waals surface area contributed by atoms with Crippen molar-refractivity contribution in [2.45, 2.75) is 6.54 Å². The highest BCUT2D eigenvalue weighted by molar-refractivity contribution is 9.10. The molecule has 0 spiro atoms. The van der Waals surface area contributed by atoms with Crippen molar-refractivity contribution in [3.05, 3.63) is 75.6 Å². The van der Waals surface area contributed by atoms with Gasteiger partial charge in [-0.15, -0.1) is 5.10 Å². The summed E-state index contributed by atoms with van der Waals surface area (Å²) in [7, 11) is 0. The van der Waals surface area contributed by atoms with Crippen LogP contribution >= 0.6 is 15.9 Å². The zero-order valence-electron chi connectivity index (χ0n) is 10.5. The molecule has 0 bridgehead atoms. The summed E-state index contributed by atoms with van der Waals surface area (Å²) in [6.45, 7) is 0.345. The monoisotopic (exact) mass is 330 g/mol. The van der Waals surface area contributed by atoms with Crippen LogP contribution in [0.1, 0.15) is 5.82 Å². The van der Waals surface area contributed by atoms with Crippen LogP contribution in [0, 0.1) is 0 Å². The van der Waals surface area contributed by atoms with E-state index in [1.165, 1.54) is 6.07 Å². The molecule has 0 amide bonds. The van der Waals surface area contributed by atoms with Crippen LogP contribution in [-0.4, -0.2) is 19.3 Å². The molecule has 5 nitrogen and oxygen atoms in total. The first kappa shape index (κ1) is 12.8. The fourth-order valence-corrected chi connectivity index (χ4v) is 2.23. The van der Waals surface area contributed by atoms with Crippen molar-refractivity contribution >= 4 is 15.9 Å². The van der Waals surface area contributed by atoms with Crippen LogP contribution in [0.4, 0.5) is 0 Å². The van der Waals surface area contributed by atoms with Gasteiger partial charge in [0.15, 0.2) is 5.82 Å². The molecule has 0 aliphatic carbocycles. The molecule has 0 N–H and O–H groups in total. The zero-order chi connectivity index (χ0) is 13.9. The van der Waals surface area contributed by atoms with Gasteiger partial charge in [-0.1, -0.05) is 18.2 Å². The second-order valence-corrected chi connectivity index (χ2v) is 5.17. The Kier molecular flexibility index (Phi) is 3.47. The number of pyridine rings is 1. The summed E-state index contributed by atoms with van der Waals surface area (Å²) in [5.41, 5.74) is 0.858. The number of nitrogens with zero attached hydrogens (tertiary/aromatic N) is 4. The van der Waals surface area contributed by atoms with Crippen LogP contribution in [0.15, 0.2) is 64.3 Å².